The van der Waals surface area contributed by atoms with Crippen molar-refractivity contribution in [2.75, 3.05) is 26.2 Å². The third kappa shape index (κ3) is 4.28. The Bertz CT molecular complexity index is 527. The minimum absolute atomic E-state index is 0.0417. The zero-order valence-corrected chi connectivity index (χ0v) is 14.5. The minimum Gasteiger partial charge on any atom is -0.375 e. The van der Waals surface area contributed by atoms with Gasteiger partial charge >= 0.3 is 6.03 Å². The molecule has 2 aliphatic rings. The van der Waals surface area contributed by atoms with Gasteiger partial charge in [0, 0.05) is 32.7 Å². The molecule has 2 fully saturated rings. The molecule has 24 heavy (non-hydrogen) atoms. The molecule has 1 atom stereocenters. The van der Waals surface area contributed by atoms with Crippen LogP contribution in [0, 0.1) is 0 Å². The number of carbonyl (C=O) groups excluding carboxylic acids is 1. The van der Waals surface area contributed by atoms with Crippen molar-refractivity contribution in [1.82, 2.24) is 10.2 Å². The van der Waals surface area contributed by atoms with Gasteiger partial charge in [-0.1, -0.05) is 30.3 Å². The quantitative estimate of drug-likeness (QED) is 0.922. The van der Waals surface area contributed by atoms with Crippen molar-refractivity contribution in [3.63, 3.8) is 0 Å². The average Bonchev–Trinajstić information content (AvgIpc) is 2.62. The van der Waals surface area contributed by atoms with E-state index >= 15 is 0 Å². The van der Waals surface area contributed by atoms with Crippen LogP contribution in [0.2, 0.25) is 0 Å². The molecule has 1 spiro atoms. The summed E-state index contributed by atoms with van der Waals surface area (Å²) >= 11 is 0. The predicted octanol–water partition coefficient (Wildman–Crippen LogP) is 2.95. The van der Waals surface area contributed by atoms with Crippen LogP contribution in [0.1, 0.15) is 38.2 Å². The zero-order valence-electron chi connectivity index (χ0n) is 14.5. The second kappa shape index (κ2) is 7.99. The summed E-state index contributed by atoms with van der Waals surface area (Å²) < 4.78 is 12.3. The van der Waals surface area contributed by atoms with Gasteiger partial charge in [0.1, 0.15) is 0 Å². The van der Waals surface area contributed by atoms with Crippen LogP contribution < -0.4 is 5.32 Å². The molecule has 1 unspecified atom stereocenters. The maximum absolute atomic E-state index is 11.9. The fraction of sp³-hybridized carbons (Fsp3) is 0.632. The van der Waals surface area contributed by atoms with Crippen LogP contribution in [0.3, 0.4) is 0 Å². The highest BCUT2D eigenvalue weighted by molar-refractivity contribution is 5.74. The van der Waals surface area contributed by atoms with Gasteiger partial charge in [0.05, 0.1) is 18.3 Å². The maximum Gasteiger partial charge on any atom is 0.317 e. The first-order valence-corrected chi connectivity index (χ1v) is 9.03. The molecule has 2 saturated heterocycles. The Hall–Kier alpha value is -1.59. The van der Waals surface area contributed by atoms with E-state index in [1.54, 1.807) is 0 Å². The lowest BCUT2D eigenvalue weighted by Gasteiger charge is -2.46. The molecule has 132 valence electrons. The van der Waals surface area contributed by atoms with E-state index in [0.29, 0.717) is 13.2 Å². The summed E-state index contributed by atoms with van der Waals surface area (Å²) in [7, 11) is 0. The largest absolute Gasteiger partial charge is 0.375 e. The van der Waals surface area contributed by atoms with E-state index in [4.69, 9.17) is 9.47 Å². The fourth-order valence-electron chi connectivity index (χ4n) is 3.64. The number of carbonyl (C=O) groups is 1. The van der Waals surface area contributed by atoms with E-state index < -0.39 is 0 Å². The van der Waals surface area contributed by atoms with Crippen molar-refractivity contribution in [1.29, 1.82) is 0 Å². The molecule has 3 rings (SSSR count). The molecule has 5 nitrogen and oxygen atoms in total. The Balaban J connectivity index is 1.49. The van der Waals surface area contributed by atoms with Crippen molar-refractivity contribution in [3.05, 3.63) is 35.9 Å². The van der Waals surface area contributed by atoms with Gasteiger partial charge in [0.25, 0.3) is 0 Å². The van der Waals surface area contributed by atoms with E-state index in [1.165, 1.54) is 5.56 Å². The molecule has 2 aliphatic heterocycles. The Morgan fingerprint density at radius 3 is 2.79 bits per heavy atom. The van der Waals surface area contributed by atoms with Gasteiger partial charge in [-0.3, -0.25) is 0 Å². The van der Waals surface area contributed by atoms with Gasteiger partial charge < -0.3 is 19.7 Å². The van der Waals surface area contributed by atoms with Gasteiger partial charge in [-0.15, -0.1) is 0 Å². The summed E-state index contributed by atoms with van der Waals surface area (Å²) in [4.78, 5) is 13.8. The number of urea groups is 1. The average molecular weight is 332 g/mol. The summed E-state index contributed by atoms with van der Waals surface area (Å²) in [5, 5.41) is 2.88. The molecular weight excluding hydrogens is 304 g/mol. The van der Waals surface area contributed by atoms with E-state index in [2.05, 4.69) is 17.4 Å². The van der Waals surface area contributed by atoms with Gasteiger partial charge in [0.2, 0.25) is 0 Å². The SMILES string of the molecule is CCNC(=O)N1CCC2(CC1)CC(OCc1ccccc1)CCO2. The summed E-state index contributed by atoms with van der Waals surface area (Å²) in [5.74, 6) is 0. The van der Waals surface area contributed by atoms with Crippen molar-refractivity contribution < 1.29 is 14.3 Å². The highest BCUT2D eigenvalue weighted by atomic mass is 16.5. The summed E-state index contributed by atoms with van der Waals surface area (Å²) in [5.41, 5.74) is 1.10. The molecular formula is C19H28N2O3. The smallest absolute Gasteiger partial charge is 0.317 e. The molecule has 0 radical (unpaired) electrons. The fourth-order valence-corrected chi connectivity index (χ4v) is 3.64. The third-order valence-corrected chi connectivity index (χ3v) is 5.07. The molecule has 1 aromatic rings. The number of nitrogens with one attached hydrogen (secondary N) is 1. The van der Waals surface area contributed by atoms with E-state index in [1.807, 2.05) is 30.0 Å². The first-order valence-electron chi connectivity index (χ1n) is 9.03. The van der Waals surface area contributed by atoms with Crippen molar-refractivity contribution in [2.24, 2.45) is 0 Å². The normalized spacial score (nSPS) is 23.2. The number of likely N-dealkylation sites (tertiary alicyclic amines) is 1. The van der Waals surface area contributed by atoms with Crippen LogP contribution in [0.25, 0.3) is 0 Å². The molecule has 1 N–H and O–H groups in total. The number of hydrogen-bond donors (Lipinski definition) is 1. The zero-order chi connectivity index (χ0) is 16.8. The van der Waals surface area contributed by atoms with Crippen LogP contribution in [-0.2, 0) is 16.1 Å². The Morgan fingerprint density at radius 2 is 2.08 bits per heavy atom. The lowest BCUT2D eigenvalue weighted by atomic mass is 9.83. The van der Waals surface area contributed by atoms with E-state index in [0.717, 1.165) is 45.4 Å². The lowest BCUT2D eigenvalue weighted by molar-refractivity contribution is -0.154. The molecule has 0 aliphatic carbocycles. The maximum atomic E-state index is 11.9. The standard InChI is InChI=1S/C19H28N2O3/c1-2-20-18(22)21-11-9-19(10-12-21)14-17(8-13-24-19)23-15-16-6-4-3-5-7-16/h3-7,17H,2,8-15H2,1H3,(H,20,22). The Labute approximate surface area is 144 Å². The number of amides is 2. The number of rotatable bonds is 4. The predicted molar refractivity (Wildman–Crippen MR) is 92.8 cm³/mol. The molecule has 2 amide bonds. The summed E-state index contributed by atoms with van der Waals surface area (Å²) in [6, 6.07) is 10.3. The van der Waals surface area contributed by atoms with Crippen molar-refractivity contribution in [2.45, 2.75) is 50.9 Å². The number of ether oxygens (including phenoxy) is 2. The number of nitrogens with zero attached hydrogens (tertiary/aromatic N) is 1. The van der Waals surface area contributed by atoms with Crippen LogP contribution in [0.4, 0.5) is 4.79 Å². The van der Waals surface area contributed by atoms with Crippen LogP contribution >= 0.6 is 0 Å². The van der Waals surface area contributed by atoms with E-state index in [9.17, 15) is 4.79 Å². The summed E-state index contributed by atoms with van der Waals surface area (Å²) in [6.45, 7) is 5.55. The van der Waals surface area contributed by atoms with Gasteiger partial charge in [-0.25, -0.2) is 4.79 Å². The molecule has 5 heteroatoms. The van der Waals surface area contributed by atoms with Crippen LogP contribution in [-0.4, -0.2) is 48.9 Å². The van der Waals surface area contributed by atoms with Gasteiger partial charge in [-0.2, -0.15) is 0 Å². The third-order valence-electron chi connectivity index (χ3n) is 5.07. The highest BCUT2D eigenvalue weighted by Crippen LogP contribution is 2.36. The van der Waals surface area contributed by atoms with Crippen LogP contribution in [0.5, 0.6) is 0 Å². The van der Waals surface area contributed by atoms with Crippen molar-refractivity contribution >= 4 is 6.03 Å². The number of piperidine rings is 1. The number of hydrogen-bond acceptors (Lipinski definition) is 3. The second-order valence-electron chi connectivity index (χ2n) is 6.77. The molecule has 0 bridgehead atoms. The number of benzene rings is 1. The molecule has 2 heterocycles. The first kappa shape index (κ1) is 17.2. The first-order chi connectivity index (χ1) is 11.7. The highest BCUT2D eigenvalue weighted by Gasteiger charge is 2.41. The minimum atomic E-state index is -0.109. The molecule has 0 aromatic heterocycles. The molecule has 1 aromatic carbocycles. The molecule has 0 saturated carbocycles. The second-order valence-corrected chi connectivity index (χ2v) is 6.77. The lowest BCUT2D eigenvalue weighted by Crippen LogP contribution is -2.53. The van der Waals surface area contributed by atoms with Gasteiger partial charge in [0.15, 0.2) is 0 Å². The topological polar surface area (TPSA) is 50.8 Å². The Morgan fingerprint density at radius 1 is 1.33 bits per heavy atom. The Kier molecular flexibility index (Phi) is 5.74. The van der Waals surface area contributed by atoms with Gasteiger partial charge in [-0.05, 0) is 31.7 Å². The van der Waals surface area contributed by atoms with E-state index in [-0.39, 0.29) is 17.7 Å². The summed E-state index contributed by atoms with van der Waals surface area (Å²) in [6.07, 6.45) is 3.93. The van der Waals surface area contributed by atoms with Crippen molar-refractivity contribution in [3.8, 4) is 0 Å². The monoisotopic (exact) mass is 332 g/mol. The van der Waals surface area contributed by atoms with Crippen LogP contribution in [0.15, 0.2) is 30.3 Å².